The molecule has 2 rings (SSSR count). The van der Waals surface area contributed by atoms with Crippen LogP contribution in [0.25, 0.3) is 0 Å². The molecule has 94 valence electrons. The van der Waals surface area contributed by atoms with Crippen molar-refractivity contribution in [2.45, 2.75) is 23.1 Å². The molecule has 2 aromatic rings. The molecule has 0 spiro atoms. The minimum atomic E-state index is 0.706. The molecule has 0 amide bonds. The third kappa shape index (κ3) is 3.61. The van der Waals surface area contributed by atoms with Crippen LogP contribution in [0.4, 0.5) is 0 Å². The Labute approximate surface area is 121 Å². The molecule has 18 heavy (non-hydrogen) atoms. The zero-order chi connectivity index (χ0) is 13.0. The standard InChI is InChI=1S/C15H16BrNS/c1-11-9-12(7-8-17)5-6-15(11)18-14-4-2-3-13(16)10-14/h2-6,9-10H,7-8,17H2,1H3. The maximum Gasteiger partial charge on any atom is 0.0186 e. The number of rotatable bonds is 4. The van der Waals surface area contributed by atoms with Gasteiger partial charge in [-0.2, -0.15) is 0 Å². The number of halogens is 1. The van der Waals surface area contributed by atoms with Gasteiger partial charge >= 0.3 is 0 Å². The van der Waals surface area contributed by atoms with Crippen LogP contribution in [0.2, 0.25) is 0 Å². The minimum Gasteiger partial charge on any atom is -0.330 e. The molecular formula is C15H16BrNS. The molecule has 3 heteroatoms. The van der Waals surface area contributed by atoms with Crippen LogP contribution in [0.5, 0.6) is 0 Å². The second-order valence-electron chi connectivity index (χ2n) is 4.20. The molecule has 0 bridgehead atoms. The van der Waals surface area contributed by atoms with Gasteiger partial charge in [-0.25, -0.2) is 0 Å². The van der Waals surface area contributed by atoms with E-state index in [0.29, 0.717) is 6.54 Å². The molecule has 0 fully saturated rings. The molecule has 0 saturated carbocycles. The highest BCUT2D eigenvalue weighted by molar-refractivity contribution is 9.10. The fourth-order valence-corrected chi connectivity index (χ4v) is 3.30. The average Bonchev–Trinajstić information content (AvgIpc) is 2.33. The van der Waals surface area contributed by atoms with Crippen molar-refractivity contribution >= 4 is 27.7 Å². The number of hydrogen-bond donors (Lipinski definition) is 1. The van der Waals surface area contributed by atoms with Crippen molar-refractivity contribution in [2.75, 3.05) is 6.54 Å². The molecule has 2 aromatic carbocycles. The molecule has 0 aromatic heterocycles. The molecular weight excluding hydrogens is 306 g/mol. The van der Waals surface area contributed by atoms with Gasteiger partial charge in [0.1, 0.15) is 0 Å². The number of benzene rings is 2. The lowest BCUT2D eigenvalue weighted by Crippen LogP contribution is -2.02. The highest BCUT2D eigenvalue weighted by Crippen LogP contribution is 2.32. The lowest BCUT2D eigenvalue weighted by atomic mass is 10.1. The molecule has 0 radical (unpaired) electrons. The van der Waals surface area contributed by atoms with E-state index in [0.717, 1.165) is 10.9 Å². The van der Waals surface area contributed by atoms with E-state index in [1.54, 1.807) is 11.8 Å². The third-order valence-corrected chi connectivity index (χ3v) is 4.36. The molecule has 0 atom stereocenters. The summed E-state index contributed by atoms with van der Waals surface area (Å²) >= 11 is 5.29. The van der Waals surface area contributed by atoms with Crippen molar-refractivity contribution in [3.8, 4) is 0 Å². The van der Waals surface area contributed by atoms with Crippen LogP contribution in [0, 0.1) is 6.92 Å². The van der Waals surface area contributed by atoms with E-state index in [1.807, 2.05) is 6.07 Å². The first-order chi connectivity index (χ1) is 8.69. The highest BCUT2D eigenvalue weighted by Gasteiger charge is 2.03. The first-order valence-corrected chi connectivity index (χ1v) is 7.53. The average molecular weight is 322 g/mol. The van der Waals surface area contributed by atoms with E-state index in [4.69, 9.17) is 5.73 Å². The van der Waals surface area contributed by atoms with Crippen molar-refractivity contribution in [2.24, 2.45) is 5.73 Å². The summed E-state index contributed by atoms with van der Waals surface area (Å²) in [5, 5.41) is 0. The van der Waals surface area contributed by atoms with Crippen molar-refractivity contribution in [3.63, 3.8) is 0 Å². The number of aryl methyl sites for hydroxylation is 1. The van der Waals surface area contributed by atoms with E-state index < -0.39 is 0 Å². The highest BCUT2D eigenvalue weighted by atomic mass is 79.9. The SMILES string of the molecule is Cc1cc(CCN)ccc1Sc1cccc(Br)c1. The first kappa shape index (κ1) is 13.7. The minimum absolute atomic E-state index is 0.706. The summed E-state index contributed by atoms with van der Waals surface area (Å²) in [5.74, 6) is 0. The smallest absolute Gasteiger partial charge is 0.0186 e. The summed E-state index contributed by atoms with van der Waals surface area (Å²) in [6, 6.07) is 15.0. The van der Waals surface area contributed by atoms with Crippen LogP contribution < -0.4 is 5.73 Å². The van der Waals surface area contributed by atoms with E-state index in [9.17, 15) is 0 Å². The molecule has 2 N–H and O–H groups in total. The second-order valence-corrected chi connectivity index (χ2v) is 6.23. The Bertz CT molecular complexity index is 540. The molecule has 0 aliphatic rings. The van der Waals surface area contributed by atoms with E-state index in [-0.39, 0.29) is 0 Å². The van der Waals surface area contributed by atoms with Gasteiger partial charge in [-0.1, -0.05) is 45.9 Å². The topological polar surface area (TPSA) is 26.0 Å². The van der Waals surface area contributed by atoms with E-state index in [1.165, 1.54) is 20.9 Å². The Kier molecular flexibility index (Phi) is 4.87. The molecule has 1 nitrogen and oxygen atoms in total. The second kappa shape index (κ2) is 6.41. The van der Waals surface area contributed by atoms with Crippen molar-refractivity contribution in [3.05, 3.63) is 58.1 Å². The van der Waals surface area contributed by atoms with Crippen LogP contribution in [-0.2, 0) is 6.42 Å². The van der Waals surface area contributed by atoms with Gasteiger partial charge in [-0.3, -0.25) is 0 Å². The summed E-state index contributed by atoms with van der Waals surface area (Å²) in [6.45, 7) is 2.86. The normalized spacial score (nSPS) is 10.6. The van der Waals surface area contributed by atoms with Crippen LogP contribution in [-0.4, -0.2) is 6.54 Å². The predicted molar refractivity (Wildman–Crippen MR) is 82.2 cm³/mol. The monoisotopic (exact) mass is 321 g/mol. The fraction of sp³-hybridized carbons (Fsp3) is 0.200. The van der Waals surface area contributed by atoms with Crippen molar-refractivity contribution < 1.29 is 0 Å². The largest absolute Gasteiger partial charge is 0.330 e. The molecule has 0 heterocycles. The zero-order valence-corrected chi connectivity index (χ0v) is 12.7. The van der Waals surface area contributed by atoms with Gasteiger partial charge < -0.3 is 5.73 Å². The predicted octanol–water partition coefficient (Wildman–Crippen LogP) is 4.41. The Morgan fingerprint density at radius 2 is 2.00 bits per heavy atom. The lowest BCUT2D eigenvalue weighted by Gasteiger charge is -2.08. The van der Waals surface area contributed by atoms with Gasteiger partial charge in [0, 0.05) is 14.3 Å². The number of nitrogens with two attached hydrogens (primary N) is 1. The van der Waals surface area contributed by atoms with Gasteiger partial charge in [0.05, 0.1) is 0 Å². The van der Waals surface area contributed by atoms with Crippen molar-refractivity contribution in [1.29, 1.82) is 0 Å². The zero-order valence-electron chi connectivity index (χ0n) is 10.3. The third-order valence-electron chi connectivity index (χ3n) is 2.70. The first-order valence-electron chi connectivity index (χ1n) is 5.92. The van der Waals surface area contributed by atoms with Crippen molar-refractivity contribution in [1.82, 2.24) is 0 Å². The Morgan fingerprint density at radius 1 is 1.17 bits per heavy atom. The Hall–Kier alpha value is -0.770. The molecule has 0 aliphatic heterocycles. The quantitative estimate of drug-likeness (QED) is 0.902. The summed E-state index contributed by atoms with van der Waals surface area (Å²) in [6.07, 6.45) is 0.947. The van der Waals surface area contributed by atoms with Crippen LogP contribution in [0.3, 0.4) is 0 Å². The van der Waals surface area contributed by atoms with Gasteiger partial charge in [0.25, 0.3) is 0 Å². The summed E-state index contributed by atoms with van der Waals surface area (Å²) in [7, 11) is 0. The molecule has 0 saturated heterocycles. The number of hydrogen-bond acceptors (Lipinski definition) is 2. The van der Waals surface area contributed by atoms with Gasteiger partial charge in [0.15, 0.2) is 0 Å². The molecule has 0 aliphatic carbocycles. The van der Waals surface area contributed by atoms with Crippen LogP contribution >= 0.6 is 27.7 Å². The van der Waals surface area contributed by atoms with Gasteiger partial charge in [-0.15, -0.1) is 0 Å². The Morgan fingerprint density at radius 3 is 2.67 bits per heavy atom. The fourth-order valence-electron chi connectivity index (χ4n) is 1.81. The van der Waals surface area contributed by atoms with E-state index >= 15 is 0 Å². The summed E-state index contributed by atoms with van der Waals surface area (Å²) < 4.78 is 1.12. The summed E-state index contributed by atoms with van der Waals surface area (Å²) in [4.78, 5) is 2.55. The Balaban J connectivity index is 2.19. The van der Waals surface area contributed by atoms with Crippen LogP contribution in [0.1, 0.15) is 11.1 Å². The lowest BCUT2D eigenvalue weighted by molar-refractivity contribution is 0.963. The maximum absolute atomic E-state index is 5.58. The van der Waals surface area contributed by atoms with Gasteiger partial charge in [0.2, 0.25) is 0 Å². The van der Waals surface area contributed by atoms with Crippen LogP contribution in [0.15, 0.2) is 56.7 Å². The molecule has 0 unspecified atom stereocenters. The maximum atomic E-state index is 5.58. The van der Waals surface area contributed by atoms with Gasteiger partial charge in [-0.05, 0) is 55.3 Å². The summed E-state index contributed by atoms with van der Waals surface area (Å²) in [5.41, 5.74) is 8.20. The van der Waals surface area contributed by atoms with E-state index in [2.05, 4.69) is 59.3 Å².